The van der Waals surface area contributed by atoms with Crippen LogP contribution in [0.15, 0.2) is 0 Å². The summed E-state index contributed by atoms with van der Waals surface area (Å²) in [6.07, 6.45) is 4.26. The number of nitrogens with one attached hydrogen (secondary N) is 1. The van der Waals surface area contributed by atoms with Crippen LogP contribution in [0, 0.1) is 11.8 Å². The summed E-state index contributed by atoms with van der Waals surface area (Å²) in [7, 11) is 2.09. The van der Waals surface area contributed by atoms with Crippen LogP contribution < -0.4 is 5.32 Å². The second kappa shape index (κ2) is 3.38. The predicted octanol–water partition coefficient (Wildman–Crippen LogP) is 2.03. The van der Waals surface area contributed by atoms with Crippen molar-refractivity contribution >= 4 is 0 Å². The van der Waals surface area contributed by atoms with Crippen LogP contribution >= 0.6 is 0 Å². The highest BCUT2D eigenvalue weighted by Gasteiger charge is 2.25. The lowest BCUT2D eigenvalue weighted by molar-refractivity contribution is 0.219. The number of hydrogen-bond acceptors (Lipinski definition) is 1. The Morgan fingerprint density at radius 2 is 1.60 bits per heavy atom. The van der Waals surface area contributed by atoms with Gasteiger partial charge in [-0.25, -0.2) is 0 Å². The van der Waals surface area contributed by atoms with Gasteiger partial charge in [0.15, 0.2) is 0 Å². The molecule has 1 aliphatic rings. The fourth-order valence-corrected chi connectivity index (χ4v) is 2.25. The van der Waals surface area contributed by atoms with Crippen molar-refractivity contribution in [1.82, 2.24) is 5.32 Å². The molecule has 0 aromatic heterocycles. The minimum atomic E-state index is 0.772. The minimum Gasteiger partial charge on any atom is -0.316 e. The second-order valence-corrected chi connectivity index (χ2v) is 3.70. The van der Waals surface area contributed by atoms with Crippen molar-refractivity contribution in [3.05, 3.63) is 0 Å². The van der Waals surface area contributed by atoms with E-state index in [9.17, 15) is 0 Å². The average molecular weight is 141 g/mol. The molecular formula is C9H19N. The molecule has 0 radical (unpaired) electrons. The Morgan fingerprint density at radius 3 is 1.90 bits per heavy atom. The Morgan fingerprint density at radius 1 is 1.10 bits per heavy atom. The van der Waals surface area contributed by atoms with Crippen LogP contribution in [0.1, 0.15) is 33.1 Å². The zero-order valence-electron chi connectivity index (χ0n) is 7.35. The van der Waals surface area contributed by atoms with Gasteiger partial charge in [-0.2, -0.15) is 0 Å². The first-order valence-electron chi connectivity index (χ1n) is 4.43. The van der Waals surface area contributed by atoms with Gasteiger partial charge in [-0.15, -0.1) is 0 Å². The maximum atomic E-state index is 3.40. The molecule has 1 nitrogen and oxygen atoms in total. The van der Waals surface area contributed by atoms with Crippen molar-refractivity contribution in [2.24, 2.45) is 11.8 Å². The topological polar surface area (TPSA) is 12.0 Å². The zero-order valence-corrected chi connectivity index (χ0v) is 7.35. The molecule has 1 rings (SSSR count). The lowest BCUT2D eigenvalue weighted by Crippen LogP contribution is -2.40. The molecule has 0 saturated heterocycles. The summed E-state index contributed by atoms with van der Waals surface area (Å²) in [5.41, 5.74) is 0. The van der Waals surface area contributed by atoms with E-state index in [-0.39, 0.29) is 0 Å². The van der Waals surface area contributed by atoms with Gasteiger partial charge in [0.2, 0.25) is 0 Å². The summed E-state index contributed by atoms with van der Waals surface area (Å²) in [4.78, 5) is 0. The summed E-state index contributed by atoms with van der Waals surface area (Å²) in [5, 5.41) is 3.40. The van der Waals surface area contributed by atoms with Gasteiger partial charge in [0.05, 0.1) is 0 Å². The van der Waals surface area contributed by atoms with Crippen LogP contribution in [0.4, 0.5) is 0 Å². The summed E-state index contributed by atoms with van der Waals surface area (Å²) in [6.45, 7) is 4.72. The standard InChI is InChI=1S/C9H19N/c1-7-5-4-6-8(2)9(7)10-3/h7-10H,4-6H2,1-3H3/t7-,8-/m1/s1. The Bertz CT molecular complexity index is 90.9. The van der Waals surface area contributed by atoms with Crippen LogP contribution in [0.25, 0.3) is 0 Å². The van der Waals surface area contributed by atoms with Crippen molar-refractivity contribution in [1.29, 1.82) is 0 Å². The van der Waals surface area contributed by atoms with Gasteiger partial charge in [0.25, 0.3) is 0 Å². The largest absolute Gasteiger partial charge is 0.316 e. The van der Waals surface area contributed by atoms with E-state index in [2.05, 4.69) is 26.2 Å². The van der Waals surface area contributed by atoms with Crippen LogP contribution in [0.5, 0.6) is 0 Å². The first-order chi connectivity index (χ1) is 4.75. The van der Waals surface area contributed by atoms with Gasteiger partial charge in [-0.1, -0.05) is 20.3 Å². The SMILES string of the molecule is CNC1[C@H](C)CCC[C@H]1C. The molecule has 1 fully saturated rings. The maximum absolute atomic E-state index is 3.40. The third-order valence-corrected chi connectivity index (χ3v) is 2.88. The molecule has 10 heavy (non-hydrogen) atoms. The third-order valence-electron chi connectivity index (χ3n) is 2.88. The molecule has 0 spiro atoms. The summed E-state index contributed by atoms with van der Waals surface area (Å²) in [5.74, 6) is 1.77. The Kier molecular flexibility index (Phi) is 2.72. The monoisotopic (exact) mass is 141 g/mol. The summed E-state index contributed by atoms with van der Waals surface area (Å²) in [6, 6.07) is 0.772. The van der Waals surface area contributed by atoms with Gasteiger partial charge in [-0.3, -0.25) is 0 Å². The van der Waals surface area contributed by atoms with Crippen LogP contribution in [-0.4, -0.2) is 13.1 Å². The quantitative estimate of drug-likeness (QED) is 0.589. The van der Waals surface area contributed by atoms with Crippen LogP contribution in [-0.2, 0) is 0 Å². The molecule has 60 valence electrons. The molecule has 0 heterocycles. The van der Waals surface area contributed by atoms with Crippen molar-refractivity contribution in [2.45, 2.75) is 39.2 Å². The summed E-state index contributed by atoms with van der Waals surface area (Å²) < 4.78 is 0. The first-order valence-corrected chi connectivity index (χ1v) is 4.43. The van der Waals surface area contributed by atoms with Crippen molar-refractivity contribution in [2.75, 3.05) is 7.05 Å². The van der Waals surface area contributed by atoms with E-state index in [0.29, 0.717) is 0 Å². The van der Waals surface area contributed by atoms with Crippen LogP contribution in [0.3, 0.4) is 0 Å². The molecule has 0 aromatic rings. The van der Waals surface area contributed by atoms with E-state index in [4.69, 9.17) is 0 Å². The van der Waals surface area contributed by atoms with Gasteiger partial charge in [-0.05, 0) is 31.7 Å². The molecule has 1 aliphatic carbocycles. The Labute approximate surface area is 64.2 Å². The highest BCUT2D eigenvalue weighted by Crippen LogP contribution is 2.28. The fraction of sp³-hybridized carbons (Fsp3) is 1.00. The van der Waals surface area contributed by atoms with E-state index < -0.39 is 0 Å². The normalized spacial score (nSPS) is 36.3. The molecule has 2 atom stereocenters. The van der Waals surface area contributed by atoms with E-state index in [1.807, 2.05) is 0 Å². The third kappa shape index (κ3) is 1.51. The van der Waals surface area contributed by atoms with Crippen molar-refractivity contribution < 1.29 is 0 Å². The predicted molar refractivity (Wildman–Crippen MR) is 45.0 cm³/mol. The zero-order chi connectivity index (χ0) is 7.56. The lowest BCUT2D eigenvalue weighted by Gasteiger charge is -2.34. The molecule has 0 aliphatic heterocycles. The first kappa shape index (κ1) is 8.06. The van der Waals surface area contributed by atoms with Crippen LogP contribution in [0.2, 0.25) is 0 Å². The van der Waals surface area contributed by atoms with Crippen molar-refractivity contribution in [3.8, 4) is 0 Å². The molecular weight excluding hydrogens is 122 g/mol. The Balaban J connectivity index is 2.45. The maximum Gasteiger partial charge on any atom is 0.0115 e. The molecule has 0 amide bonds. The molecule has 0 unspecified atom stereocenters. The average Bonchev–Trinajstić information content (AvgIpc) is 1.88. The van der Waals surface area contributed by atoms with Gasteiger partial charge in [0, 0.05) is 6.04 Å². The molecule has 0 aromatic carbocycles. The highest BCUT2D eigenvalue weighted by molar-refractivity contribution is 4.81. The molecule has 1 N–H and O–H groups in total. The van der Waals surface area contributed by atoms with E-state index in [0.717, 1.165) is 17.9 Å². The highest BCUT2D eigenvalue weighted by atomic mass is 14.9. The smallest absolute Gasteiger partial charge is 0.0115 e. The number of hydrogen-bond donors (Lipinski definition) is 1. The summed E-state index contributed by atoms with van der Waals surface area (Å²) >= 11 is 0. The van der Waals surface area contributed by atoms with Gasteiger partial charge < -0.3 is 5.32 Å². The number of rotatable bonds is 1. The van der Waals surface area contributed by atoms with Gasteiger partial charge in [0.1, 0.15) is 0 Å². The fourth-order valence-electron chi connectivity index (χ4n) is 2.25. The van der Waals surface area contributed by atoms with E-state index in [1.165, 1.54) is 19.3 Å². The lowest BCUT2D eigenvalue weighted by atomic mass is 9.79. The molecule has 0 bridgehead atoms. The minimum absolute atomic E-state index is 0.772. The second-order valence-electron chi connectivity index (χ2n) is 3.70. The van der Waals surface area contributed by atoms with E-state index in [1.54, 1.807) is 0 Å². The van der Waals surface area contributed by atoms with Gasteiger partial charge >= 0.3 is 0 Å². The Hall–Kier alpha value is -0.0400. The molecule has 1 heteroatoms. The molecule has 1 saturated carbocycles. The van der Waals surface area contributed by atoms with Crippen molar-refractivity contribution in [3.63, 3.8) is 0 Å². The van der Waals surface area contributed by atoms with E-state index >= 15 is 0 Å².